The van der Waals surface area contributed by atoms with Crippen LogP contribution in [0.4, 0.5) is 4.79 Å². The Morgan fingerprint density at radius 3 is 2.60 bits per heavy atom. The number of carbonyl (C=O) groups is 1. The second-order valence-corrected chi connectivity index (χ2v) is 5.61. The molecule has 0 radical (unpaired) electrons. The van der Waals surface area contributed by atoms with Crippen LogP contribution in [-0.2, 0) is 4.74 Å². The molecular weight excluding hydrogens is 194 g/mol. The molecule has 0 bridgehead atoms. The number of amides is 1. The Hall–Kier alpha value is -0.770. The van der Waals surface area contributed by atoms with Crippen LogP contribution in [0.3, 0.4) is 0 Å². The number of ether oxygens (including phenoxy) is 1. The number of hydrogen-bond acceptors (Lipinski definition) is 3. The topological polar surface area (TPSA) is 49.8 Å². The summed E-state index contributed by atoms with van der Waals surface area (Å²) in [5.74, 6) is 0.935. The maximum atomic E-state index is 11.7. The van der Waals surface area contributed by atoms with E-state index in [1.54, 1.807) is 4.90 Å². The first-order valence-electron chi connectivity index (χ1n) is 5.53. The Labute approximate surface area is 90.2 Å². The van der Waals surface area contributed by atoms with E-state index in [0.717, 1.165) is 13.0 Å². The molecule has 4 heteroatoms. The summed E-state index contributed by atoms with van der Waals surface area (Å²) in [6.45, 7) is 6.73. The van der Waals surface area contributed by atoms with Crippen LogP contribution in [0.1, 0.15) is 27.2 Å². The highest BCUT2D eigenvalue weighted by Crippen LogP contribution is 2.45. The Morgan fingerprint density at radius 1 is 1.40 bits per heavy atom. The number of likely N-dealkylation sites (tertiary alicyclic amines) is 1. The van der Waals surface area contributed by atoms with Crippen LogP contribution in [0.2, 0.25) is 0 Å². The number of rotatable bonds is 0. The number of nitrogens with zero attached hydrogens (tertiary/aromatic N) is 1. The van der Waals surface area contributed by atoms with Crippen LogP contribution in [0.5, 0.6) is 0 Å². The van der Waals surface area contributed by atoms with Crippen molar-refractivity contribution in [3.05, 3.63) is 0 Å². The Balaban J connectivity index is 1.90. The number of piperidine rings is 1. The minimum Gasteiger partial charge on any atom is -0.444 e. The summed E-state index contributed by atoms with van der Waals surface area (Å²) in [5, 5.41) is 9.69. The van der Waals surface area contributed by atoms with Crippen LogP contribution < -0.4 is 0 Å². The Kier molecular flexibility index (Phi) is 2.41. The summed E-state index contributed by atoms with van der Waals surface area (Å²) in [6, 6.07) is 0. The zero-order chi connectivity index (χ0) is 11.2. The van der Waals surface area contributed by atoms with E-state index in [1.165, 1.54) is 0 Å². The number of aliphatic hydroxyl groups excluding tert-OH is 1. The van der Waals surface area contributed by atoms with Crippen molar-refractivity contribution < 1.29 is 14.6 Å². The summed E-state index contributed by atoms with van der Waals surface area (Å²) >= 11 is 0. The maximum absolute atomic E-state index is 11.7. The SMILES string of the molecule is CC(C)(C)OC(=O)N1C[C@@H]2C[C@@H]2[C@H](O)C1. The third kappa shape index (κ3) is 2.43. The Morgan fingerprint density at radius 2 is 2.07 bits per heavy atom. The predicted octanol–water partition coefficient (Wildman–Crippen LogP) is 1.23. The summed E-state index contributed by atoms with van der Waals surface area (Å²) in [4.78, 5) is 13.3. The molecule has 0 spiro atoms. The van der Waals surface area contributed by atoms with E-state index in [2.05, 4.69) is 0 Å². The van der Waals surface area contributed by atoms with Gasteiger partial charge in [-0.05, 0) is 39.0 Å². The van der Waals surface area contributed by atoms with Crippen LogP contribution >= 0.6 is 0 Å². The lowest BCUT2D eigenvalue weighted by Gasteiger charge is -2.31. The lowest BCUT2D eigenvalue weighted by atomic mass is 10.1. The van der Waals surface area contributed by atoms with Crippen molar-refractivity contribution in [1.29, 1.82) is 0 Å². The number of aliphatic hydroxyl groups is 1. The molecule has 1 heterocycles. The molecule has 0 aromatic carbocycles. The second-order valence-electron chi connectivity index (χ2n) is 5.61. The molecule has 3 atom stereocenters. The van der Waals surface area contributed by atoms with Crippen molar-refractivity contribution in [3.63, 3.8) is 0 Å². The van der Waals surface area contributed by atoms with Crippen LogP contribution in [-0.4, -0.2) is 40.9 Å². The summed E-state index contributed by atoms with van der Waals surface area (Å²) in [6.07, 6.45) is 0.406. The molecule has 2 fully saturated rings. The molecule has 2 rings (SSSR count). The van der Waals surface area contributed by atoms with Crippen molar-refractivity contribution in [2.45, 2.75) is 38.9 Å². The van der Waals surface area contributed by atoms with E-state index >= 15 is 0 Å². The molecule has 1 aliphatic heterocycles. The van der Waals surface area contributed by atoms with E-state index in [0.29, 0.717) is 18.4 Å². The fourth-order valence-electron chi connectivity index (χ4n) is 2.15. The standard InChI is InChI=1S/C11H19NO3/c1-11(2,3)15-10(14)12-5-7-4-8(7)9(13)6-12/h7-9,13H,4-6H2,1-3H3/t7-,8-,9+/m0/s1. The molecule has 1 saturated heterocycles. The molecule has 0 aromatic heterocycles. The first-order valence-corrected chi connectivity index (χ1v) is 5.53. The smallest absolute Gasteiger partial charge is 0.410 e. The highest BCUT2D eigenvalue weighted by Gasteiger charge is 2.48. The molecular formula is C11H19NO3. The lowest BCUT2D eigenvalue weighted by molar-refractivity contribution is 0.00134. The first-order chi connectivity index (χ1) is 6.87. The van der Waals surface area contributed by atoms with Gasteiger partial charge in [-0.1, -0.05) is 0 Å². The van der Waals surface area contributed by atoms with Crippen molar-refractivity contribution >= 4 is 6.09 Å². The van der Waals surface area contributed by atoms with Crippen molar-refractivity contribution in [3.8, 4) is 0 Å². The van der Waals surface area contributed by atoms with Gasteiger partial charge in [0.05, 0.1) is 12.6 Å². The normalized spacial score (nSPS) is 34.7. The van der Waals surface area contributed by atoms with Crippen LogP contribution in [0.25, 0.3) is 0 Å². The molecule has 4 nitrogen and oxygen atoms in total. The monoisotopic (exact) mass is 213 g/mol. The highest BCUT2D eigenvalue weighted by atomic mass is 16.6. The van der Waals surface area contributed by atoms with E-state index in [4.69, 9.17) is 4.74 Å². The summed E-state index contributed by atoms with van der Waals surface area (Å²) in [5.41, 5.74) is -0.456. The van der Waals surface area contributed by atoms with Crippen molar-refractivity contribution in [2.75, 3.05) is 13.1 Å². The fourth-order valence-corrected chi connectivity index (χ4v) is 2.15. The van der Waals surface area contributed by atoms with Gasteiger partial charge in [-0.2, -0.15) is 0 Å². The minimum atomic E-state index is -0.456. The molecule has 0 unspecified atom stereocenters. The zero-order valence-corrected chi connectivity index (χ0v) is 9.56. The van der Waals surface area contributed by atoms with Gasteiger partial charge in [-0.3, -0.25) is 0 Å². The van der Waals surface area contributed by atoms with E-state index < -0.39 is 5.60 Å². The van der Waals surface area contributed by atoms with Gasteiger partial charge in [0.1, 0.15) is 5.60 Å². The average Bonchev–Trinajstić information content (AvgIpc) is 2.79. The third-order valence-corrected chi connectivity index (χ3v) is 2.99. The molecule has 2 aliphatic rings. The van der Waals surface area contributed by atoms with Gasteiger partial charge in [0.2, 0.25) is 0 Å². The minimum absolute atomic E-state index is 0.299. The average molecular weight is 213 g/mol. The predicted molar refractivity (Wildman–Crippen MR) is 55.4 cm³/mol. The van der Waals surface area contributed by atoms with E-state index in [1.807, 2.05) is 20.8 Å². The quantitative estimate of drug-likeness (QED) is 0.658. The third-order valence-electron chi connectivity index (χ3n) is 2.99. The van der Waals surface area contributed by atoms with Gasteiger partial charge in [0.15, 0.2) is 0 Å². The number of fused-ring (bicyclic) bond motifs is 1. The number of β-amino-alcohol motifs (C(OH)–C–C–N with tert-alkyl or cyclic N) is 1. The summed E-state index contributed by atoms with van der Waals surface area (Å²) < 4.78 is 5.27. The van der Waals surface area contributed by atoms with Crippen molar-refractivity contribution in [1.82, 2.24) is 4.90 Å². The maximum Gasteiger partial charge on any atom is 0.410 e. The van der Waals surface area contributed by atoms with Gasteiger partial charge in [-0.15, -0.1) is 0 Å². The van der Waals surface area contributed by atoms with E-state index in [9.17, 15) is 9.90 Å². The van der Waals surface area contributed by atoms with Crippen LogP contribution in [0, 0.1) is 11.8 Å². The van der Waals surface area contributed by atoms with Crippen LogP contribution in [0.15, 0.2) is 0 Å². The molecule has 1 N–H and O–H groups in total. The lowest BCUT2D eigenvalue weighted by Crippen LogP contribution is -2.45. The molecule has 0 aromatic rings. The first kappa shape index (κ1) is 10.7. The van der Waals surface area contributed by atoms with E-state index in [-0.39, 0.29) is 12.2 Å². The van der Waals surface area contributed by atoms with Gasteiger partial charge < -0.3 is 14.7 Å². The molecule has 1 aliphatic carbocycles. The van der Waals surface area contributed by atoms with Gasteiger partial charge in [0, 0.05) is 6.54 Å². The second kappa shape index (κ2) is 3.37. The molecule has 1 saturated carbocycles. The highest BCUT2D eigenvalue weighted by molar-refractivity contribution is 5.68. The Bertz CT molecular complexity index is 271. The van der Waals surface area contributed by atoms with Gasteiger partial charge in [0.25, 0.3) is 0 Å². The molecule has 15 heavy (non-hydrogen) atoms. The molecule has 1 amide bonds. The van der Waals surface area contributed by atoms with Crippen molar-refractivity contribution in [2.24, 2.45) is 11.8 Å². The zero-order valence-electron chi connectivity index (χ0n) is 9.56. The fraction of sp³-hybridized carbons (Fsp3) is 0.909. The van der Waals surface area contributed by atoms with Gasteiger partial charge >= 0.3 is 6.09 Å². The number of carbonyl (C=O) groups excluding carboxylic acids is 1. The largest absolute Gasteiger partial charge is 0.444 e. The van der Waals surface area contributed by atoms with Gasteiger partial charge in [-0.25, -0.2) is 4.79 Å². The summed E-state index contributed by atoms with van der Waals surface area (Å²) in [7, 11) is 0. The molecule has 86 valence electrons. The number of hydrogen-bond donors (Lipinski definition) is 1.